The summed E-state index contributed by atoms with van der Waals surface area (Å²) >= 11 is 0. The Hall–Kier alpha value is -2.36. The molecule has 0 fully saturated rings. The molecular formula is C17H18FNO2. The predicted molar refractivity (Wildman–Crippen MR) is 80.1 cm³/mol. The van der Waals surface area contributed by atoms with Gasteiger partial charge < -0.3 is 10.1 Å². The molecule has 0 bridgehead atoms. The molecule has 0 atom stereocenters. The van der Waals surface area contributed by atoms with Crippen molar-refractivity contribution in [1.82, 2.24) is 5.32 Å². The Labute approximate surface area is 123 Å². The highest BCUT2D eigenvalue weighted by atomic mass is 19.1. The van der Waals surface area contributed by atoms with E-state index in [0.29, 0.717) is 18.7 Å². The van der Waals surface area contributed by atoms with Crippen LogP contribution in [0.2, 0.25) is 0 Å². The summed E-state index contributed by atoms with van der Waals surface area (Å²) in [4.78, 5) is 11.8. The van der Waals surface area contributed by atoms with Gasteiger partial charge in [-0.1, -0.05) is 12.1 Å². The van der Waals surface area contributed by atoms with Crippen LogP contribution in [0.5, 0.6) is 5.75 Å². The van der Waals surface area contributed by atoms with E-state index in [9.17, 15) is 9.18 Å². The van der Waals surface area contributed by atoms with Gasteiger partial charge >= 0.3 is 0 Å². The van der Waals surface area contributed by atoms with Gasteiger partial charge in [0.15, 0.2) is 0 Å². The fraction of sp³-hybridized carbons (Fsp3) is 0.235. The fourth-order valence-electron chi connectivity index (χ4n) is 1.87. The van der Waals surface area contributed by atoms with Gasteiger partial charge in [-0.25, -0.2) is 4.39 Å². The minimum atomic E-state index is -0.422. The topological polar surface area (TPSA) is 38.3 Å². The molecule has 21 heavy (non-hydrogen) atoms. The van der Waals surface area contributed by atoms with E-state index in [-0.39, 0.29) is 5.91 Å². The highest BCUT2D eigenvalue weighted by molar-refractivity contribution is 5.94. The summed E-state index contributed by atoms with van der Waals surface area (Å²) in [7, 11) is 0. The molecule has 1 amide bonds. The summed E-state index contributed by atoms with van der Waals surface area (Å²) < 4.78 is 18.6. The average molecular weight is 287 g/mol. The third-order valence-corrected chi connectivity index (χ3v) is 3.22. The van der Waals surface area contributed by atoms with Crippen molar-refractivity contribution >= 4 is 5.91 Å². The Morgan fingerprint density at radius 2 is 1.95 bits per heavy atom. The minimum Gasteiger partial charge on any atom is -0.492 e. The molecule has 2 aromatic carbocycles. The molecule has 1 N–H and O–H groups in total. The van der Waals surface area contributed by atoms with E-state index in [2.05, 4.69) is 5.32 Å². The predicted octanol–water partition coefficient (Wildman–Crippen LogP) is 3.25. The van der Waals surface area contributed by atoms with Gasteiger partial charge in [0.25, 0.3) is 5.91 Å². The molecular weight excluding hydrogens is 269 g/mol. The van der Waals surface area contributed by atoms with Crippen LogP contribution in [0.25, 0.3) is 0 Å². The summed E-state index contributed by atoms with van der Waals surface area (Å²) in [5.41, 5.74) is 2.68. The zero-order valence-corrected chi connectivity index (χ0v) is 12.2. The fourth-order valence-corrected chi connectivity index (χ4v) is 1.87. The molecule has 0 saturated carbocycles. The Morgan fingerprint density at radius 1 is 1.14 bits per heavy atom. The van der Waals surface area contributed by atoms with Gasteiger partial charge in [-0.2, -0.15) is 0 Å². The number of nitrogens with one attached hydrogen (secondary N) is 1. The van der Waals surface area contributed by atoms with Gasteiger partial charge in [0.2, 0.25) is 0 Å². The molecule has 0 spiro atoms. The molecule has 4 heteroatoms. The van der Waals surface area contributed by atoms with Crippen LogP contribution in [0.1, 0.15) is 21.5 Å². The van der Waals surface area contributed by atoms with Crippen LogP contribution in [0.15, 0.2) is 42.5 Å². The molecule has 2 aromatic rings. The summed E-state index contributed by atoms with van der Waals surface area (Å²) in [6.07, 6.45) is 0. The number of hydrogen-bond donors (Lipinski definition) is 1. The number of aryl methyl sites for hydroxylation is 2. The molecule has 0 heterocycles. The third kappa shape index (κ3) is 4.31. The number of ether oxygens (including phenoxy) is 1. The number of benzene rings is 2. The molecule has 3 nitrogen and oxygen atoms in total. The van der Waals surface area contributed by atoms with Crippen LogP contribution in [-0.4, -0.2) is 19.1 Å². The highest BCUT2D eigenvalue weighted by Gasteiger charge is 2.05. The van der Waals surface area contributed by atoms with Gasteiger partial charge in [-0.3, -0.25) is 4.79 Å². The van der Waals surface area contributed by atoms with Crippen LogP contribution >= 0.6 is 0 Å². The van der Waals surface area contributed by atoms with Crippen molar-refractivity contribution in [3.05, 3.63) is 65.0 Å². The van der Waals surface area contributed by atoms with Gasteiger partial charge in [0.1, 0.15) is 18.2 Å². The van der Waals surface area contributed by atoms with E-state index < -0.39 is 5.82 Å². The zero-order valence-electron chi connectivity index (χ0n) is 12.2. The lowest BCUT2D eigenvalue weighted by Crippen LogP contribution is -2.28. The van der Waals surface area contributed by atoms with Crippen molar-refractivity contribution in [3.63, 3.8) is 0 Å². The van der Waals surface area contributed by atoms with Crippen molar-refractivity contribution in [2.75, 3.05) is 13.2 Å². The molecule has 110 valence electrons. The Balaban J connectivity index is 1.79. The standard InChI is InChI=1S/C17H18FNO2/c1-12-6-7-16(10-13(12)2)21-9-8-19-17(20)14-4-3-5-15(18)11-14/h3-7,10-11H,8-9H2,1-2H3,(H,19,20). The van der Waals surface area contributed by atoms with Crippen molar-refractivity contribution in [3.8, 4) is 5.75 Å². The second-order valence-corrected chi connectivity index (χ2v) is 4.86. The Bertz CT molecular complexity index is 640. The maximum Gasteiger partial charge on any atom is 0.251 e. The lowest BCUT2D eigenvalue weighted by Gasteiger charge is -2.09. The second kappa shape index (κ2) is 6.88. The number of amides is 1. The minimum absolute atomic E-state index is 0.307. The van der Waals surface area contributed by atoms with Gasteiger partial charge in [-0.05, 0) is 55.3 Å². The van der Waals surface area contributed by atoms with Crippen molar-refractivity contribution in [1.29, 1.82) is 0 Å². The summed E-state index contributed by atoms with van der Waals surface area (Å²) in [5.74, 6) is 0.0466. The summed E-state index contributed by atoms with van der Waals surface area (Å²) in [6, 6.07) is 11.5. The first-order chi connectivity index (χ1) is 10.1. The van der Waals surface area contributed by atoms with Gasteiger partial charge in [0, 0.05) is 5.56 Å². The van der Waals surface area contributed by atoms with Gasteiger partial charge in [0.05, 0.1) is 6.54 Å². The van der Waals surface area contributed by atoms with Gasteiger partial charge in [-0.15, -0.1) is 0 Å². The molecule has 0 unspecified atom stereocenters. The maximum atomic E-state index is 13.0. The SMILES string of the molecule is Cc1ccc(OCCNC(=O)c2cccc(F)c2)cc1C. The summed E-state index contributed by atoms with van der Waals surface area (Å²) in [5, 5.41) is 2.69. The lowest BCUT2D eigenvalue weighted by molar-refractivity contribution is 0.0946. The van der Waals surface area contributed by atoms with E-state index >= 15 is 0 Å². The van der Waals surface area contributed by atoms with Crippen molar-refractivity contribution in [2.24, 2.45) is 0 Å². The molecule has 0 radical (unpaired) electrons. The third-order valence-electron chi connectivity index (χ3n) is 3.22. The smallest absolute Gasteiger partial charge is 0.251 e. The number of carbonyl (C=O) groups is 1. The van der Waals surface area contributed by atoms with Crippen LogP contribution in [-0.2, 0) is 0 Å². The average Bonchev–Trinajstić information content (AvgIpc) is 2.47. The van der Waals surface area contributed by atoms with Crippen LogP contribution in [0.3, 0.4) is 0 Å². The number of carbonyl (C=O) groups excluding carboxylic acids is 1. The molecule has 0 saturated heterocycles. The second-order valence-electron chi connectivity index (χ2n) is 4.86. The van der Waals surface area contributed by atoms with Crippen LogP contribution in [0, 0.1) is 19.7 Å². The molecule has 2 rings (SSSR count). The number of halogens is 1. The van der Waals surface area contributed by atoms with E-state index in [4.69, 9.17) is 4.74 Å². The number of hydrogen-bond acceptors (Lipinski definition) is 2. The normalized spacial score (nSPS) is 10.2. The van der Waals surface area contributed by atoms with E-state index in [1.165, 1.54) is 23.8 Å². The molecule has 0 aromatic heterocycles. The molecule has 0 aliphatic rings. The first-order valence-electron chi connectivity index (χ1n) is 6.80. The summed E-state index contributed by atoms with van der Waals surface area (Å²) in [6.45, 7) is 4.79. The van der Waals surface area contributed by atoms with Crippen molar-refractivity contribution < 1.29 is 13.9 Å². The Morgan fingerprint density at radius 3 is 2.67 bits per heavy atom. The van der Waals surface area contributed by atoms with Crippen LogP contribution in [0.4, 0.5) is 4.39 Å². The zero-order chi connectivity index (χ0) is 15.2. The largest absolute Gasteiger partial charge is 0.492 e. The Kier molecular flexibility index (Phi) is 4.93. The van der Waals surface area contributed by atoms with Crippen molar-refractivity contribution in [2.45, 2.75) is 13.8 Å². The molecule has 0 aliphatic heterocycles. The van der Waals surface area contributed by atoms with Crippen LogP contribution < -0.4 is 10.1 Å². The maximum absolute atomic E-state index is 13.0. The number of rotatable bonds is 5. The highest BCUT2D eigenvalue weighted by Crippen LogP contribution is 2.16. The quantitative estimate of drug-likeness (QED) is 0.857. The van der Waals surface area contributed by atoms with E-state index in [1.54, 1.807) is 6.07 Å². The lowest BCUT2D eigenvalue weighted by atomic mass is 10.1. The first kappa shape index (κ1) is 15.0. The van der Waals surface area contributed by atoms with E-state index in [1.807, 2.05) is 32.0 Å². The molecule has 0 aliphatic carbocycles. The first-order valence-corrected chi connectivity index (χ1v) is 6.80. The van der Waals surface area contributed by atoms with E-state index in [0.717, 1.165) is 11.3 Å². The monoisotopic (exact) mass is 287 g/mol.